The number of pyridine rings is 1. The first-order valence-corrected chi connectivity index (χ1v) is 5.97. The fourth-order valence-electron chi connectivity index (χ4n) is 1.91. The summed E-state index contributed by atoms with van der Waals surface area (Å²) in [6, 6.07) is 0. The van der Waals surface area contributed by atoms with Gasteiger partial charge in [0.15, 0.2) is 0 Å². The molecule has 2 rings (SSSR count). The highest BCUT2D eigenvalue weighted by molar-refractivity contribution is 6.39. The first-order chi connectivity index (χ1) is 8.54. The standard InChI is InChI=1S/C11H10Cl2N2O3/c1-18-11(17)6-2-9(16)15(5-6)10-7(12)3-14-4-8(10)13/h3-4,6H,2,5H2,1H3. The van der Waals surface area contributed by atoms with Crippen molar-refractivity contribution < 1.29 is 14.3 Å². The van der Waals surface area contributed by atoms with Gasteiger partial charge in [0.05, 0.1) is 28.8 Å². The quantitative estimate of drug-likeness (QED) is 0.780. The lowest BCUT2D eigenvalue weighted by Crippen LogP contribution is -2.26. The first kappa shape index (κ1) is 13.1. The molecular formula is C11H10Cl2N2O3. The van der Waals surface area contributed by atoms with Gasteiger partial charge in [-0.05, 0) is 0 Å². The molecule has 0 N–H and O–H groups in total. The van der Waals surface area contributed by atoms with E-state index in [0.717, 1.165) is 0 Å². The summed E-state index contributed by atoms with van der Waals surface area (Å²) in [6.07, 6.45) is 2.91. The van der Waals surface area contributed by atoms with Gasteiger partial charge in [0.1, 0.15) is 0 Å². The third-order valence-corrected chi connectivity index (χ3v) is 3.31. The van der Waals surface area contributed by atoms with Gasteiger partial charge in [-0.3, -0.25) is 14.6 Å². The molecule has 0 bridgehead atoms. The van der Waals surface area contributed by atoms with Crippen molar-refractivity contribution in [2.75, 3.05) is 18.6 Å². The molecule has 5 nitrogen and oxygen atoms in total. The Balaban J connectivity index is 2.30. The van der Waals surface area contributed by atoms with E-state index in [4.69, 9.17) is 23.2 Å². The summed E-state index contributed by atoms with van der Waals surface area (Å²) in [7, 11) is 1.29. The molecule has 1 saturated heterocycles. The molecule has 0 spiro atoms. The lowest BCUT2D eigenvalue weighted by atomic mass is 10.1. The van der Waals surface area contributed by atoms with Crippen molar-refractivity contribution in [3.05, 3.63) is 22.4 Å². The third-order valence-electron chi connectivity index (χ3n) is 2.76. The number of rotatable bonds is 2. The van der Waals surface area contributed by atoms with Crippen LogP contribution in [0.25, 0.3) is 0 Å². The summed E-state index contributed by atoms with van der Waals surface area (Å²) in [5, 5.41) is 0.558. The zero-order valence-corrected chi connectivity index (χ0v) is 11.0. The molecule has 1 aliphatic heterocycles. The average Bonchev–Trinajstić information content (AvgIpc) is 2.70. The van der Waals surface area contributed by atoms with Crippen molar-refractivity contribution in [3.8, 4) is 0 Å². The van der Waals surface area contributed by atoms with Gasteiger partial charge in [0.2, 0.25) is 5.91 Å². The lowest BCUT2D eigenvalue weighted by Gasteiger charge is -2.18. The van der Waals surface area contributed by atoms with Crippen LogP contribution in [-0.4, -0.2) is 30.5 Å². The summed E-state index contributed by atoms with van der Waals surface area (Å²) in [4.78, 5) is 28.5. The fourth-order valence-corrected chi connectivity index (χ4v) is 2.48. The predicted octanol–water partition coefficient (Wildman–Crippen LogP) is 1.91. The molecule has 1 unspecified atom stereocenters. The molecule has 0 aromatic carbocycles. The number of ether oxygens (including phenoxy) is 1. The maximum Gasteiger partial charge on any atom is 0.311 e. The summed E-state index contributed by atoms with van der Waals surface area (Å²) in [5.41, 5.74) is 0.393. The number of hydrogen-bond donors (Lipinski definition) is 0. The molecule has 2 heterocycles. The number of amides is 1. The number of esters is 1. The number of anilines is 1. The second kappa shape index (κ2) is 5.12. The largest absolute Gasteiger partial charge is 0.469 e. The molecule has 18 heavy (non-hydrogen) atoms. The van der Waals surface area contributed by atoms with E-state index < -0.39 is 11.9 Å². The molecule has 1 aliphatic rings. The van der Waals surface area contributed by atoms with Crippen LogP contribution >= 0.6 is 23.2 Å². The molecule has 1 amide bonds. The van der Waals surface area contributed by atoms with E-state index in [0.29, 0.717) is 5.69 Å². The minimum atomic E-state index is -0.484. The monoisotopic (exact) mass is 288 g/mol. The van der Waals surface area contributed by atoms with Gasteiger partial charge in [-0.2, -0.15) is 0 Å². The molecule has 1 fully saturated rings. The van der Waals surface area contributed by atoms with Crippen LogP contribution in [0.3, 0.4) is 0 Å². The van der Waals surface area contributed by atoms with Crippen LogP contribution in [0, 0.1) is 5.92 Å². The summed E-state index contributed by atoms with van der Waals surface area (Å²) in [6.45, 7) is 0.217. The number of carbonyl (C=O) groups is 2. The zero-order chi connectivity index (χ0) is 13.3. The maximum atomic E-state index is 11.9. The minimum Gasteiger partial charge on any atom is -0.469 e. The van der Waals surface area contributed by atoms with Gasteiger partial charge in [-0.25, -0.2) is 0 Å². The Morgan fingerprint density at radius 3 is 2.61 bits per heavy atom. The summed E-state index contributed by atoms with van der Waals surface area (Å²) < 4.78 is 4.63. The van der Waals surface area contributed by atoms with Gasteiger partial charge in [-0.15, -0.1) is 0 Å². The van der Waals surface area contributed by atoms with E-state index in [2.05, 4.69) is 9.72 Å². The minimum absolute atomic E-state index is 0.0989. The topological polar surface area (TPSA) is 59.5 Å². The normalized spacial score (nSPS) is 19.2. The number of methoxy groups -OCH3 is 1. The number of aromatic nitrogens is 1. The van der Waals surface area contributed by atoms with E-state index in [1.54, 1.807) is 0 Å². The Hall–Kier alpha value is -1.33. The fraction of sp³-hybridized carbons (Fsp3) is 0.364. The van der Waals surface area contributed by atoms with E-state index in [1.165, 1.54) is 24.4 Å². The van der Waals surface area contributed by atoms with Gasteiger partial charge in [0, 0.05) is 25.4 Å². The Bertz CT molecular complexity index is 487. The van der Waals surface area contributed by atoms with Crippen molar-refractivity contribution in [2.45, 2.75) is 6.42 Å². The van der Waals surface area contributed by atoms with Crippen molar-refractivity contribution in [2.24, 2.45) is 5.92 Å². The smallest absolute Gasteiger partial charge is 0.311 e. The van der Waals surface area contributed by atoms with Crippen LogP contribution in [0.15, 0.2) is 12.4 Å². The van der Waals surface area contributed by atoms with Crippen LogP contribution in [0.5, 0.6) is 0 Å². The van der Waals surface area contributed by atoms with Gasteiger partial charge >= 0.3 is 5.97 Å². The molecule has 1 aromatic rings. The molecule has 0 aliphatic carbocycles. The average molecular weight is 289 g/mol. The third kappa shape index (κ3) is 2.28. The number of carbonyl (C=O) groups excluding carboxylic acids is 2. The molecule has 1 aromatic heterocycles. The second-order valence-corrected chi connectivity index (χ2v) is 4.69. The SMILES string of the molecule is COC(=O)C1CC(=O)N(c2c(Cl)cncc2Cl)C1. The molecule has 0 saturated carbocycles. The Morgan fingerprint density at radius 2 is 2.06 bits per heavy atom. The van der Waals surface area contributed by atoms with Gasteiger partial charge in [-0.1, -0.05) is 23.2 Å². The van der Waals surface area contributed by atoms with Crippen LogP contribution < -0.4 is 4.90 Å². The van der Waals surface area contributed by atoms with E-state index in [9.17, 15) is 9.59 Å². The maximum absolute atomic E-state index is 11.9. The van der Waals surface area contributed by atoms with Crippen molar-refractivity contribution in [1.29, 1.82) is 0 Å². The zero-order valence-electron chi connectivity index (χ0n) is 9.52. The molecular weight excluding hydrogens is 279 g/mol. The number of halogens is 2. The van der Waals surface area contributed by atoms with Crippen molar-refractivity contribution in [1.82, 2.24) is 4.98 Å². The lowest BCUT2D eigenvalue weighted by molar-refractivity contribution is -0.145. The van der Waals surface area contributed by atoms with Gasteiger partial charge in [0.25, 0.3) is 0 Å². The molecule has 0 radical (unpaired) electrons. The van der Waals surface area contributed by atoms with Crippen LogP contribution in [-0.2, 0) is 14.3 Å². The number of hydrogen-bond acceptors (Lipinski definition) is 4. The van der Waals surface area contributed by atoms with Crippen LogP contribution in [0.1, 0.15) is 6.42 Å². The summed E-state index contributed by atoms with van der Waals surface area (Å²) >= 11 is 12.0. The second-order valence-electron chi connectivity index (χ2n) is 3.88. The highest BCUT2D eigenvalue weighted by atomic mass is 35.5. The molecule has 96 valence electrons. The van der Waals surface area contributed by atoms with Crippen LogP contribution in [0.4, 0.5) is 5.69 Å². The number of nitrogens with zero attached hydrogens (tertiary/aromatic N) is 2. The predicted molar refractivity (Wildman–Crippen MR) is 66.7 cm³/mol. The van der Waals surface area contributed by atoms with Crippen molar-refractivity contribution in [3.63, 3.8) is 0 Å². The van der Waals surface area contributed by atoms with Crippen molar-refractivity contribution >= 4 is 40.8 Å². The Kier molecular flexibility index (Phi) is 3.73. The Labute approximate surface area is 114 Å². The van der Waals surface area contributed by atoms with E-state index in [-0.39, 0.29) is 28.9 Å². The van der Waals surface area contributed by atoms with E-state index in [1.807, 2.05) is 0 Å². The van der Waals surface area contributed by atoms with Crippen LogP contribution in [0.2, 0.25) is 10.0 Å². The highest BCUT2D eigenvalue weighted by Crippen LogP contribution is 2.36. The highest BCUT2D eigenvalue weighted by Gasteiger charge is 2.37. The first-order valence-electron chi connectivity index (χ1n) is 5.21. The Morgan fingerprint density at radius 1 is 1.44 bits per heavy atom. The molecule has 7 heteroatoms. The van der Waals surface area contributed by atoms with Gasteiger partial charge < -0.3 is 9.64 Å². The molecule has 1 atom stereocenters. The summed E-state index contributed by atoms with van der Waals surface area (Å²) in [5.74, 6) is -1.10. The van der Waals surface area contributed by atoms with E-state index >= 15 is 0 Å².